The molecule has 5 nitrogen and oxygen atoms in total. The van der Waals surface area contributed by atoms with Crippen LogP contribution < -0.4 is 0 Å². The van der Waals surface area contributed by atoms with Gasteiger partial charge >= 0.3 is 11.9 Å². The maximum absolute atomic E-state index is 12.5. The first-order chi connectivity index (χ1) is 11.5. The van der Waals surface area contributed by atoms with Crippen molar-refractivity contribution in [3.05, 3.63) is 23.3 Å². The quantitative estimate of drug-likeness (QED) is 0.331. The Hall–Kier alpha value is -1.91. The van der Waals surface area contributed by atoms with Gasteiger partial charge in [-0.25, -0.2) is 0 Å². The van der Waals surface area contributed by atoms with Gasteiger partial charge in [0.15, 0.2) is 0 Å². The number of carbonyl (C=O) groups excluding carboxylic acids is 2. The van der Waals surface area contributed by atoms with Gasteiger partial charge in [0.2, 0.25) is 0 Å². The molecule has 2 fully saturated rings. The van der Waals surface area contributed by atoms with Crippen LogP contribution in [0, 0.1) is 34.5 Å². The van der Waals surface area contributed by atoms with E-state index in [1.54, 1.807) is 13.0 Å². The fourth-order valence-corrected chi connectivity index (χ4v) is 4.41. The predicted octanol–water partition coefficient (Wildman–Crippen LogP) is 3.25. The van der Waals surface area contributed by atoms with Gasteiger partial charge in [-0.1, -0.05) is 39.8 Å². The third-order valence-corrected chi connectivity index (χ3v) is 6.15. The number of aldehydes is 1. The normalized spacial score (nSPS) is 32.7. The van der Waals surface area contributed by atoms with E-state index in [9.17, 15) is 19.5 Å². The van der Waals surface area contributed by atoms with E-state index in [2.05, 4.69) is 0 Å². The lowest BCUT2D eigenvalue weighted by atomic mass is 10.0. The number of carboxylic acid groups (broad SMARTS) is 1. The van der Waals surface area contributed by atoms with Crippen molar-refractivity contribution in [3.63, 3.8) is 0 Å². The maximum atomic E-state index is 12.5. The van der Waals surface area contributed by atoms with Crippen molar-refractivity contribution in [2.75, 3.05) is 6.61 Å². The SMILES string of the molecule is CC=C(C=O)C1C(C(=O)OCC(=CC)C2C(C(=O)O)C2(C)C)C1(C)C. The highest BCUT2D eigenvalue weighted by atomic mass is 16.5. The van der Waals surface area contributed by atoms with Crippen LogP contribution in [0.2, 0.25) is 0 Å². The van der Waals surface area contributed by atoms with Gasteiger partial charge in [-0.15, -0.1) is 0 Å². The largest absolute Gasteiger partial charge is 0.481 e. The number of hydrogen-bond acceptors (Lipinski definition) is 4. The second-order valence-electron chi connectivity index (χ2n) is 8.27. The standard InChI is InChI=1S/C20H28O5/c1-7-11(9-21)13-16(20(13,5)6)18(24)25-10-12(8-2)14-15(17(22)23)19(14,3)4/h7-9,13-16H,10H2,1-6H3,(H,22,23). The first-order valence-electron chi connectivity index (χ1n) is 8.71. The zero-order valence-corrected chi connectivity index (χ0v) is 15.8. The smallest absolute Gasteiger partial charge is 0.310 e. The molecule has 2 rings (SSSR count). The van der Waals surface area contributed by atoms with Crippen LogP contribution in [-0.2, 0) is 19.1 Å². The molecule has 0 aromatic heterocycles. The summed E-state index contributed by atoms with van der Waals surface area (Å²) in [5.74, 6) is -2.11. The molecule has 4 unspecified atom stereocenters. The van der Waals surface area contributed by atoms with E-state index in [1.807, 2.05) is 40.7 Å². The molecule has 0 aromatic carbocycles. The molecule has 5 heteroatoms. The molecular weight excluding hydrogens is 320 g/mol. The second kappa shape index (κ2) is 6.43. The molecule has 0 saturated heterocycles. The molecule has 0 radical (unpaired) electrons. The Morgan fingerprint density at radius 1 is 0.960 bits per heavy atom. The van der Waals surface area contributed by atoms with Crippen molar-refractivity contribution >= 4 is 18.2 Å². The Labute approximate surface area is 149 Å². The summed E-state index contributed by atoms with van der Waals surface area (Å²) in [6.07, 6.45) is 4.40. The van der Waals surface area contributed by atoms with E-state index < -0.39 is 11.9 Å². The highest BCUT2D eigenvalue weighted by molar-refractivity contribution is 5.84. The number of carboxylic acids is 1. The Kier molecular flexibility index (Phi) is 4.99. The van der Waals surface area contributed by atoms with E-state index in [1.165, 1.54) is 0 Å². The fourth-order valence-electron chi connectivity index (χ4n) is 4.41. The number of allylic oxidation sites excluding steroid dienone is 3. The lowest BCUT2D eigenvalue weighted by Crippen LogP contribution is -2.14. The highest BCUT2D eigenvalue weighted by Gasteiger charge is 2.65. The number of ether oxygens (including phenoxy) is 1. The Balaban J connectivity index is 2.01. The van der Waals surface area contributed by atoms with Gasteiger partial charge in [0, 0.05) is 11.8 Å². The summed E-state index contributed by atoms with van der Waals surface area (Å²) in [6, 6.07) is 0. The number of hydrogen-bond donors (Lipinski definition) is 1. The van der Waals surface area contributed by atoms with Gasteiger partial charge in [-0.3, -0.25) is 14.4 Å². The molecule has 2 saturated carbocycles. The average Bonchev–Trinajstić information content (AvgIpc) is 3.30. The summed E-state index contributed by atoms with van der Waals surface area (Å²) < 4.78 is 5.50. The molecule has 0 amide bonds. The number of esters is 1. The van der Waals surface area contributed by atoms with Gasteiger partial charge in [0.25, 0.3) is 0 Å². The van der Waals surface area contributed by atoms with Crippen molar-refractivity contribution < 1.29 is 24.2 Å². The highest BCUT2D eigenvalue weighted by Crippen LogP contribution is 2.63. The van der Waals surface area contributed by atoms with Crippen molar-refractivity contribution in [2.24, 2.45) is 34.5 Å². The van der Waals surface area contributed by atoms with Gasteiger partial charge in [0.1, 0.15) is 12.9 Å². The summed E-state index contributed by atoms with van der Waals surface area (Å²) in [4.78, 5) is 35.0. The van der Waals surface area contributed by atoms with E-state index in [0.29, 0.717) is 5.57 Å². The Morgan fingerprint density at radius 3 is 1.92 bits per heavy atom. The fraction of sp³-hybridized carbons (Fsp3) is 0.650. The summed E-state index contributed by atoms with van der Waals surface area (Å²) in [5.41, 5.74) is 0.866. The summed E-state index contributed by atoms with van der Waals surface area (Å²) in [7, 11) is 0. The number of carbonyl (C=O) groups is 3. The second-order valence-corrected chi connectivity index (χ2v) is 8.27. The van der Waals surface area contributed by atoms with Crippen LogP contribution >= 0.6 is 0 Å². The van der Waals surface area contributed by atoms with Gasteiger partial charge in [-0.2, -0.15) is 0 Å². The van der Waals surface area contributed by atoms with E-state index in [0.717, 1.165) is 11.9 Å². The van der Waals surface area contributed by atoms with E-state index in [4.69, 9.17) is 4.74 Å². The van der Waals surface area contributed by atoms with Crippen LogP contribution in [0.4, 0.5) is 0 Å². The van der Waals surface area contributed by atoms with Crippen LogP contribution in [0.5, 0.6) is 0 Å². The molecule has 0 aromatic rings. The van der Waals surface area contributed by atoms with Crippen LogP contribution in [-0.4, -0.2) is 29.9 Å². The molecule has 4 atom stereocenters. The molecule has 0 aliphatic heterocycles. The summed E-state index contributed by atoms with van der Waals surface area (Å²) in [6.45, 7) is 11.5. The molecule has 1 N–H and O–H groups in total. The third-order valence-electron chi connectivity index (χ3n) is 6.15. The minimum atomic E-state index is -0.812. The van der Waals surface area contributed by atoms with Gasteiger partial charge in [0.05, 0.1) is 11.8 Å². The zero-order valence-electron chi connectivity index (χ0n) is 15.8. The monoisotopic (exact) mass is 348 g/mol. The van der Waals surface area contributed by atoms with Crippen LogP contribution in [0.3, 0.4) is 0 Å². The van der Waals surface area contributed by atoms with Gasteiger partial charge in [-0.05, 0) is 35.8 Å². The van der Waals surface area contributed by atoms with Crippen LogP contribution in [0.15, 0.2) is 23.3 Å². The lowest BCUT2D eigenvalue weighted by Gasteiger charge is -2.10. The lowest BCUT2D eigenvalue weighted by molar-refractivity contribution is -0.145. The van der Waals surface area contributed by atoms with Crippen LogP contribution in [0.25, 0.3) is 0 Å². The Bertz CT molecular complexity index is 653. The van der Waals surface area contributed by atoms with Gasteiger partial charge < -0.3 is 9.84 Å². The molecule has 2 aliphatic rings. The van der Waals surface area contributed by atoms with E-state index in [-0.39, 0.29) is 41.2 Å². The van der Waals surface area contributed by atoms with Crippen molar-refractivity contribution in [1.82, 2.24) is 0 Å². The molecular formula is C20H28O5. The molecule has 0 spiro atoms. The molecule has 0 heterocycles. The molecule has 2 aliphatic carbocycles. The van der Waals surface area contributed by atoms with Crippen molar-refractivity contribution in [3.8, 4) is 0 Å². The number of rotatable bonds is 7. The first-order valence-corrected chi connectivity index (χ1v) is 8.71. The van der Waals surface area contributed by atoms with Crippen molar-refractivity contribution in [1.29, 1.82) is 0 Å². The Morgan fingerprint density at radius 2 is 1.52 bits per heavy atom. The molecule has 25 heavy (non-hydrogen) atoms. The predicted molar refractivity (Wildman–Crippen MR) is 93.7 cm³/mol. The maximum Gasteiger partial charge on any atom is 0.310 e. The topological polar surface area (TPSA) is 80.7 Å². The minimum absolute atomic E-state index is 0.105. The van der Waals surface area contributed by atoms with Crippen LogP contribution in [0.1, 0.15) is 41.5 Å². The summed E-state index contributed by atoms with van der Waals surface area (Å²) >= 11 is 0. The van der Waals surface area contributed by atoms with E-state index >= 15 is 0 Å². The van der Waals surface area contributed by atoms with Crippen molar-refractivity contribution in [2.45, 2.75) is 41.5 Å². The third kappa shape index (κ3) is 3.16. The average molecular weight is 348 g/mol. The number of aliphatic carboxylic acids is 1. The zero-order chi connectivity index (χ0) is 19.2. The molecule has 0 bridgehead atoms. The minimum Gasteiger partial charge on any atom is -0.481 e. The first kappa shape index (κ1) is 19.4. The summed E-state index contributed by atoms with van der Waals surface area (Å²) in [5, 5.41) is 9.32. The molecule has 138 valence electrons.